The summed E-state index contributed by atoms with van der Waals surface area (Å²) in [7, 11) is 0. The van der Waals surface area contributed by atoms with Crippen LogP contribution < -0.4 is 4.74 Å². The van der Waals surface area contributed by atoms with Crippen molar-refractivity contribution in [1.29, 1.82) is 0 Å². The van der Waals surface area contributed by atoms with E-state index in [1.54, 1.807) is 18.2 Å². The number of benzene rings is 2. The van der Waals surface area contributed by atoms with E-state index in [-0.39, 0.29) is 11.9 Å². The maximum absolute atomic E-state index is 13.7. The van der Waals surface area contributed by atoms with Gasteiger partial charge >= 0.3 is 0 Å². The van der Waals surface area contributed by atoms with Gasteiger partial charge in [0.25, 0.3) is 0 Å². The summed E-state index contributed by atoms with van der Waals surface area (Å²) in [6, 6.07) is 11.3. The van der Waals surface area contributed by atoms with Crippen molar-refractivity contribution in [3.8, 4) is 22.6 Å². The van der Waals surface area contributed by atoms with Gasteiger partial charge in [-0.25, -0.2) is 4.39 Å². The van der Waals surface area contributed by atoms with E-state index in [9.17, 15) is 4.39 Å². The second kappa shape index (κ2) is 5.08. The molecule has 2 rings (SSSR count). The minimum Gasteiger partial charge on any atom is -0.508 e. The minimum absolute atomic E-state index is 0.0731. The Balaban J connectivity index is 2.28. The molecular weight excluding hydrogens is 231 g/mol. The van der Waals surface area contributed by atoms with Crippen LogP contribution >= 0.6 is 0 Å². The molecule has 0 saturated heterocycles. The Hall–Kier alpha value is -2.03. The molecule has 2 aromatic rings. The van der Waals surface area contributed by atoms with Gasteiger partial charge in [0.15, 0.2) is 0 Å². The molecule has 2 nitrogen and oxygen atoms in total. The number of rotatable bonds is 3. The molecule has 3 heteroatoms. The van der Waals surface area contributed by atoms with Crippen molar-refractivity contribution in [2.24, 2.45) is 0 Å². The first-order valence-corrected chi connectivity index (χ1v) is 5.82. The summed E-state index contributed by atoms with van der Waals surface area (Å²) in [6.07, 6.45) is 0.112. The van der Waals surface area contributed by atoms with Crippen molar-refractivity contribution in [3.05, 3.63) is 48.3 Å². The molecule has 0 amide bonds. The van der Waals surface area contributed by atoms with Gasteiger partial charge in [0, 0.05) is 11.6 Å². The summed E-state index contributed by atoms with van der Waals surface area (Å²) < 4.78 is 19.2. The number of halogens is 1. The van der Waals surface area contributed by atoms with Crippen LogP contribution in [0.1, 0.15) is 13.8 Å². The van der Waals surface area contributed by atoms with E-state index in [4.69, 9.17) is 9.84 Å². The van der Waals surface area contributed by atoms with Gasteiger partial charge in [-0.15, -0.1) is 0 Å². The van der Waals surface area contributed by atoms with Gasteiger partial charge in [-0.1, -0.05) is 12.1 Å². The lowest BCUT2D eigenvalue weighted by Crippen LogP contribution is -2.05. The summed E-state index contributed by atoms with van der Waals surface area (Å²) in [4.78, 5) is 0. The van der Waals surface area contributed by atoms with Gasteiger partial charge < -0.3 is 9.84 Å². The molecule has 0 heterocycles. The lowest BCUT2D eigenvalue weighted by molar-refractivity contribution is 0.242. The summed E-state index contributed by atoms with van der Waals surface area (Å²) in [5.74, 6) is 0.247. The quantitative estimate of drug-likeness (QED) is 0.887. The Morgan fingerprint density at radius 2 is 1.72 bits per heavy atom. The fraction of sp³-hybridized carbons (Fsp3) is 0.200. The molecule has 0 aliphatic carbocycles. The van der Waals surface area contributed by atoms with E-state index < -0.39 is 5.82 Å². The standard InChI is InChI=1S/C15H15FO2/c1-10(2)18-13-6-3-11(4-7-13)14-8-5-12(17)9-15(14)16/h3-10,17H,1-2H3. The van der Waals surface area contributed by atoms with Crippen LogP contribution in [0.3, 0.4) is 0 Å². The predicted molar refractivity (Wildman–Crippen MR) is 69.3 cm³/mol. The highest BCUT2D eigenvalue weighted by molar-refractivity contribution is 5.65. The molecule has 1 N–H and O–H groups in total. The highest BCUT2D eigenvalue weighted by Gasteiger charge is 2.06. The average Bonchev–Trinajstić information content (AvgIpc) is 2.30. The maximum Gasteiger partial charge on any atom is 0.134 e. The largest absolute Gasteiger partial charge is 0.508 e. The molecular formula is C15H15FO2. The number of phenolic OH excluding ortho intramolecular Hbond substituents is 1. The molecule has 18 heavy (non-hydrogen) atoms. The first-order valence-electron chi connectivity index (χ1n) is 5.82. The number of phenols is 1. The van der Waals surface area contributed by atoms with Gasteiger partial charge in [-0.2, -0.15) is 0 Å². The molecule has 2 aromatic carbocycles. The number of aromatic hydroxyl groups is 1. The Bertz CT molecular complexity index is 533. The van der Waals surface area contributed by atoms with E-state index in [0.717, 1.165) is 17.4 Å². The third kappa shape index (κ3) is 2.80. The molecule has 0 aliphatic rings. The highest BCUT2D eigenvalue weighted by Crippen LogP contribution is 2.27. The van der Waals surface area contributed by atoms with Crippen LogP contribution in [0.2, 0.25) is 0 Å². The third-order valence-corrected chi connectivity index (χ3v) is 2.49. The van der Waals surface area contributed by atoms with Crippen LogP contribution in [0.5, 0.6) is 11.5 Å². The lowest BCUT2D eigenvalue weighted by Gasteiger charge is -2.10. The van der Waals surface area contributed by atoms with Gasteiger partial charge in [0.2, 0.25) is 0 Å². The Labute approximate surface area is 106 Å². The van der Waals surface area contributed by atoms with Crippen LogP contribution in [0, 0.1) is 5.82 Å². The third-order valence-electron chi connectivity index (χ3n) is 2.49. The van der Waals surface area contributed by atoms with Gasteiger partial charge in [0.1, 0.15) is 17.3 Å². The zero-order valence-corrected chi connectivity index (χ0v) is 10.4. The molecule has 0 aromatic heterocycles. The Morgan fingerprint density at radius 1 is 1.06 bits per heavy atom. The Kier molecular flexibility index (Phi) is 3.51. The topological polar surface area (TPSA) is 29.5 Å². The fourth-order valence-corrected chi connectivity index (χ4v) is 1.72. The minimum atomic E-state index is -0.437. The van der Waals surface area contributed by atoms with E-state index in [0.29, 0.717) is 5.56 Å². The number of ether oxygens (including phenoxy) is 1. The average molecular weight is 246 g/mol. The van der Waals surface area contributed by atoms with Crippen molar-refractivity contribution >= 4 is 0 Å². The van der Waals surface area contributed by atoms with Crippen molar-refractivity contribution in [3.63, 3.8) is 0 Å². The highest BCUT2D eigenvalue weighted by atomic mass is 19.1. The van der Waals surface area contributed by atoms with E-state index >= 15 is 0 Å². The first kappa shape index (κ1) is 12.4. The number of hydrogen-bond acceptors (Lipinski definition) is 2. The first-order chi connectivity index (χ1) is 8.56. The summed E-state index contributed by atoms with van der Waals surface area (Å²) in [5, 5.41) is 9.17. The molecule has 0 saturated carbocycles. The zero-order chi connectivity index (χ0) is 13.1. The van der Waals surface area contributed by atoms with Crippen LogP contribution in [-0.4, -0.2) is 11.2 Å². The molecule has 0 unspecified atom stereocenters. The van der Waals surface area contributed by atoms with Crippen LogP contribution in [-0.2, 0) is 0 Å². The SMILES string of the molecule is CC(C)Oc1ccc(-c2ccc(O)cc2F)cc1. The van der Waals surface area contributed by atoms with Crippen molar-refractivity contribution < 1.29 is 14.2 Å². The predicted octanol–water partition coefficient (Wildman–Crippen LogP) is 3.99. The van der Waals surface area contributed by atoms with Gasteiger partial charge in [-0.3, -0.25) is 0 Å². The van der Waals surface area contributed by atoms with E-state index in [1.165, 1.54) is 6.07 Å². The fourth-order valence-electron chi connectivity index (χ4n) is 1.72. The van der Waals surface area contributed by atoms with Crippen LogP contribution in [0.15, 0.2) is 42.5 Å². The molecule has 0 spiro atoms. The van der Waals surface area contributed by atoms with Crippen LogP contribution in [0.25, 0.3) is 11.1 Å². The second-order valence-corrected chi connectivity index (χ2v) is 4.36. The van der Waals surface area contributed by atoms with E-state index in [1.807, 2.05) is 26.0 Å². The van der Waals surface area contributed by atoms with Crippen molar-refractivity contribution in [2.45, 2.75) is 20.0 Å². The molecule has 0 bridgehead atoms. The van der Waals surface area contributed by atoms with E-state index in [2.05, 4.69) is 0 Å². The molecule has 0 radical (unpaired) electrons. The Morgan fingerprint density at radius 3 is 2.28 bits per heavy atom. The molecule has 0 fully saturated rings. The van der Waals surface area contributed by atoms with Gasteiger partial charge in [-0.05, 0) is 43.7 Å². The zero-order valence-electron chi connectivity index (χ0n) is 10.4. The molecule has 94 valence electrons. The van der Waals surface area contributed by atoms with Crippen molar-refractivity contribution in [2.75, 3.05) is 0 Å². The maximum atomic E-state index is 13.7. The second-order valence-electron chi connectivity index (χ2n) is 4.36. The monoisotopic (exact) mass is 246 g/mol. The normalized spacial score (nSPS) is 10.7. The van der Waals surface area contributed by atoms with Crippen LogP contribution in [0.4, 0.5) is 4.39 Å². The number of hydrogen-bond donors (Lipinski definition) is 1. The summed E-state index contributed by atoms with van der Waals surface area (Å²) >= 11 is 0. The molecule has 0 atom stereocenters. The van der Waals surface area contributed by atoms with Gasteiger partial charge in [0.05, 0.1) is 6.10 Å². The van der Waals surface area contributed by atoms with Crippen molar-refractivity contribution in [1.82, 2.24) is 0 Å². The lowest BCUT2D eigenvalue weighted by atomic mass is 10.0. The smallest absolute Gasteiger partial charge is 0.134 e. The molecule has 0 aliphatic heterocycles. The summed E-state index contributed by atoms with van der Waals surface area (Å²) in [6.45, 7) is 3.90. The summed E-state index contributed by atoms with van der Waals surface area (Å²) in [5.41, 5.74) is 1.22.